The molecule has 1 saturated carbocycles. The van der Waals surface area contributed by atoms with Gasteiger partial charge in [-0.3, -0.25) is 4.98 Å². The van der Waals surface area contributed by atoms with Crippen LogP contribution in [0.4, 0.5) is 0 Å². The van der Waals surface area contributed by atoms with Gasteiger partial charge in [0.25, 0.3) is 0 Å². The van der Waals surface area contributed by atoms with Crippen molar-refractivity contribution in [2.45, 2.75) is 66.3 Å². The van der Waals surface area contributed by atoms with Crippen LogP contribution in [0.3, 0.4) is 0 Å². The molecule has 24 heavy (non-hydrogen) atoms. The third kappa shape index (κ3) is 2.99. The zero-order valence-electron chi connectivity index (χ0n) is 15.7. The van der Waals surface area contributed by atoms with Crippen LogP contribution in [-0.2, 0) is 0 Å². The van der Waals surface area contributed by atoms with Crippen LogP contribution >= 0.6 is 0 Å². The molecule has 4 heteroatoms. The molecular formula is C20H30N4. The Labute approximate surface area is 145 Å². The van der Waals surface area contributed by atoms with Crippen LogP contribution in [0, 0.1) is 16.7 Å². The Morgan fingerprint density at radius 1 is 1.21 bits per heavy atom. The van der Waals surface area contributed by atoms with Crippen molar-refractivity contribution in [2.24, 2.45) is 16.7 Å². The van der Waals surface area contributed by atoms with Gasteiger partial charge in [0.1, 0.15) is 5.69 Å². The Morgan fingerprint density at radius 3 is 2.46 bits per heavy atom. The first-order chi connectivity index (χ1) is 11.3. The Balaban J connectivity index is 1.75. The maximum atomic E-state index is 4.41. The van der Waals surface area contributed by atoms with Gasteiger partial charge < -0.3 is 0 Å². The highest BCUT2D eigenvalue weighted by atomic mass is 15.4. The van der Waals surface area contributed by atoms with Gasteiger partial charge in [0, 0.05) is 18.0 Å². The minimum Gasteiger partial charge on any atom is -0.264 e. The van der Waals surface area contributed by atoms with Crippen molar-refractivity contribution in [1.29, 1.82) is 0 Å². The number of rotatable bonds is 3. The molecule has 2 aromatic rings. The summed E-state index contributed by atoms with van der Waals surface area (Å²) in [7, 11) is 0. The van der Waals surface area contributed by atoms with E-state index in [1.54, 1.807) is 6.20 Å². The highest BCUT2D eigenvalue weighted by Crippen LogP contribution is 2.55. The summed E-state index contributed by atoms with van der Waals surface area (Å²) in [5.41, 5.74) is 2.72. The number of nitrogens with zero attached hydrogens (tertiary/aromatic N) is 4. The van der Waals surface area contributed by atoms with Gasteiger partial charge in [-0.15, -0.1) is 5.10 Å². The standard InChI is InChI=1S/C20H30N4/c1-15(2)20(19(3,4)5)10-8-17(9-11-20)24-14-18(22-23-24)16-7-6-12-21-13-16/h6-7,12-15,17H,8-11H2,1-5H3. The van der Waals surface area contributed by atoms with E-state index in [1.165, 1.54) is 25.7 Å². The minimum absolute atomic E-state index is 0.343. The zero-order valence-corrected chi connectivity index (χ0v) is 15.7. The molecule has 0 spiro atoms. The molecule has 0 bridgehead atoms. The summed E-state index contributed by atoms with van der Waals surface area (Å²) in [6.45, 7) is 12.0. The van der Waals surface area contributed by atoms with E-state index in [1.807, 2.05) is 18.3 Å². The molecule has 0 aromatic carbocycles. The SMILES string of the molecule is CC(C)C1(C(C)(C)C)CCC(n2cc(-c3cccnc3)nn2)CC1. The number of hydrogen-bond donors (Lipinski definition) is 0. The van der Waals surface area contributed by atoms with Crippen molar-refractivity contribution >= 4 is 0 Å². The number of aromatic nitrogens is 4. The van der Waals surface area contributed by atoms with Crippen molar-refractivity contribution in [3.63, 3.8) is 0 Å². The van der Waals surface area contributed by atoms with Crippen molar-refractivity contribution in [3.8, 4) is 11.3 Å². The highest BCUT2D eigenvalue weighted by molar-refractivity contribution is 5.55. The summed E-state index contributed by atoms with van der Waals surface area (Å²) in [4.78, 5) is 4.17. The molecular weight excluding hydrogens is 296 g/mol. The summed E-state index contributed by atoms with van der Waals surface area (Å²) in [5.74, 6) is 0.708. The van der Waals surface area contributed by atoms with E-state index >= 15 is 0 Å². The lowest BCUT2D eigenvalue weighted by atomic mass is 9.54. The summed E-state index contributed by atoms with van der Waals surface area (Å²) >= 11 is 0. The molecule has 130 valence electrons. The second-order valence-electron chi connectivity index (χ2n) is 8.62. The smallest absolute Gasteiger partial charge is 0.114 e. The molecule has 0 aliphatic heterocycles. The maximum Gasteiger partial charge on any atom is 0.114 e. The van der Waals surface area contributed by atoms with E-state index < -0.39 is 0 Å². The van der Waals surface area contributed by atoms with Crippen LogP contribution in [0.2, 0.25) is 0 Å². The van der Waals surface area contributed by atoms with Gasteiger partial charge in [0.05, 0.1) is 12.2 Å². The quantitative estimate of drug-likeness (QED) is 0.784. The monoisotopic (exact) mass is 326 g/mol. The average Bonchev–Trinajstić information content (AvgIpc) is 3.04. The van der Waals surface area contributed by atoms with Gasteiger partial charge in [-0.2, -0.15) is 0 Å². The zero-order chi connectivity index (χ0) is 17.4. The predicted molar refractivity (Wildman–Crippen MR) is 97.5 cm³/mol. The molecule has 1 fully saturated rings. The highest BCUT2D eigenvalue weighted by Gasteiger charge is 2.46. The molecule has 4 nitrogen and oxygen atoms in total. The van der Waals surface area contributed by atoms with Crippen molar-refractivity contribution in [2.75, 3.05) is 0 Å². The summed E-state index contributed by atoms with van der Waals surface area (Å²) in [6.07, 6.45) is 10.6. The van der Waals surface area contributed by atoms with Crippen LogP contribution in [0.15, 0.2) is 30.7 Å². The summed E-state index contributed by atoms with van der Waals surface area (Å²) in [6, 6.07) is 4.44. The van der Waals surface area contributed by atoms with Gasteiger partial charge in [0.15, 0.2) is 0 Å². The molecule has 1 aliphatic carbocycles. The first kappa shape index (κ1) is 17.1. The molecule has 3 rings (SSSR count). The molecule has 0 amide bonds. The Hall–Kier alpha value is -1.71. The van der Waals surface area contributed by atoms with Crippen LogP contribution < -0.4 is 0 Å². The van der Waals surface area contributed by atoms with Crippen LogP contribution in [0.1, 0.15) is 66.3 Å². The predicted octanol–water partition coefficient (Wildman–Crippen LogP) is 5.14. The van der Waals surface area contributed by atoms with E-state index in [0.717, 1.165) is 11.3 Å². The molecule has 0 N–H and O–H groups in total. The third-order valence-electron chi connectivity index (χ3n) is 6.29. The molecule has 2 aromatic heterocycles. The van der Waals surface area contributed by atoms with Gasteiger partial charge in [0.2, 0.25) is 0 Å². The maximum absolute atomic E-state index is 4.41. The first-order valence-corrected chi connectivity index (χ1v) is 9.16. The summed E-state index contributed by atoms with van der Waals surface area (Å²) in [5, 5.41) is 8.76. The second kappa shape index (κ2) is 6.30. The largest absolute Gasteiger partial charge is 0.264 e. The molecule has 0 atom stereocenters. The van der Waals surface area contributed by atoms with Crippen molar-refractivity contribution in [3.05, 3.63) is 30.7 Å². The average molecular weight is 326 g/mol. The van der Waals surface area contributed by atoms with E-state index in [-0.39, 0.29) is 0 Å². The van der Waals surface area contributed by atoms with E-state index in [2.05, 4.69) is 60.8 Å². The van der Waals surface area contributed by atoms with Crippen LogP contribution in [0.25, 0.3) is 11.3 Å². The fourth-order valence-electron chi connectivity index (χ4n) is 4.68. The number of pyridine rings is 1. The third-order valence-corrected chi connectivity index (χ3v) is 6.29. The van der Waals surface area contributed by atoms with E-state index in [9.17, 15) is 0 Å². The van der Waals surface area contributed by atoms with Crippen LogP contribution in [-0.4, -0.2) is 20.0 Å². The Kier molecular flexibility index (Phi) is 4.50. The topological polar surface area (TPSA) is 43.6 Å². The first-order valence-electron chi connectivity index (χ1n) is 9.16. The molecule has 1 aliphatic rings. The molecule has 0 radical (unpaired) electrons. The van der Waals surface area contributed by atoms with Gasteiger partial charge in [-0.1, -0.05) is 39.8 Å². The van der Waals surface area contributed by atoms with Gasteiger partial charge >= 0.3 is 0 Å². The molecule has 2 heterocycles. The van der Waals surface area contributed by atoms with Gasteiger partial charge in [-0.25, -0.2) is 4.68 Å². The van der Waals surface area contributed by atoms with Gasteiger partial charge in [-0.05, 0) is 54.6 Å². The molecule has 0 unspecified atom stereocenters. The lowest BCUT2D eigenvalue weighted by Gasteiger charge is -2.52. The lowest BCUT2D eigenvalue weighted by Crippen LogP contribution is -2.43. The number of hydrogen-bond acceptors (Lipinski definition) is 3. The van der Waals surface area contributed by atoms with E-state index in [0.29, 0.717) is 22.8 Å². The lowest BCUT2D eigenvalue weighted by molar-refractivity contribution is -0.0218. The fraction of sp³-hybridized carbons (Fsp3) is 0.650. The van der Waals surface area contributed by atoms with Crippen molar-refractivity contribution < 1.29 is 0 Å². The Morgan fingerprint density at radius 2 is 1.92 bits per heavy atom. The summed E-state index contributed by atoms with van der Waals surface area (Å²) < 4.78 is 2.08. The van der Waals surface area contributed by atoms with Crippen molar-refractivity contribution in [1.82, 2.24) is 20.0 Å². The second-order valence-corrected chi connectivity index (χ2v) is 8.62. The fourth-order valence-corrected chi connectivity index (χ4v) is 4.68. The minimum atomic E-state index is 0.343. The Bertz CT molecular complexity index is 658. The normalized spacial score (nSPS) is 25.2. The molecule has 0 saturated heterocycles. The van der Waals surface area contributed by atoms with Crippen LogP contribution in [0.5, 0.6) is 0 Å². The van der Waals surface area contributed by atoms with E-state index in [4.69, 9.17) is 0 Å².